The SMILES string of the molecule is Cc1cccc(OCC(=O)NNC(=O)CSc2ccc3c(c2)OCCO3)c1. The number of ether oxygens (including phenoxy) is 3. The van der Waals surface area contributed by atoms with E-state index >= 15 is 0 Å². The number of hydrogen-bond donors (Lipinski definition) is 2. The molecule has 0 aliphatic carbocycles. The molecular formula is C19H20N2O5S. The molecule has 0 spiro atoms. The first kappa shape index (κ1) is 18.9. The van der Waals surface area contributed by atoms with Crippen LogP contribution in [0, 0.1) is 6.92 Å². The van der Waals surface area contributed by atoms with E-state index in [1.165, 1.54) is 11.8 Å². The largest absolute Gasteiger partial charge is 0.486 e. The molecule has 7 nitrogen and oxygen atoms in total. The molecule has 1 heterocycles. The highest BCUT2D eigenvalue weighted by molar-refractivity contribution is 8.00. The lowest BCUT2D eigenvalue weighted by atomic mass is 10.2. The smallest absolute Gasteiger partial charge is 0.276 e. The molecule has 0 unspecified atom stereocenters. The predicted molar refractivity (Wildman–Crippen MR) is 101 cm³/mol. The van der Waals surface area contributed by atoms with E-state index in [0.717, 1.165) is 10.5 Å². The first-order valence-electron chi connectivity index (χ1n) is 8.40. The summed E-state index contributed by atoms with van der Waals surface area (Å²) in [5.41, 5.74) is 5.74. The van der Waals surface area contributed by atoms with E-state index in [9.17, 15) is 9.59 Å². The van der Waals surface area contributed by atoms with Crippen LogP contribution in [0.2, 0.25) is 0 Å². The number of hydrogen-bond acceptors (Lipinski definition) is 6. The zero-order valence-corrected chi connectivity index (χ0v) is 15.6. The average Bonchev–Trinajstić information content (AvgIpc) is 2.69. The Balaban J connectivity index is 1.37. The van der Waals surface area contributed by atoms with Gasteiger partial charge in [0.1, 0.15) is 19.0 Å². The Hall–Kier alpha value is -2.87. The van der Waals surface area contributed by atoms with Crippen molar-refractivity contribution in [2.45, 2.75) is 11.8 Å². The molecule has 0 saturated carbocycles. The highest BCUT2D eigenvalue weighted by Gasteiger charge is 2.13. The second-order valence-corrected chi connectivity index (χ2v) is 6.84. The normalized spacial score (nSPS) is 12.2. The summed E-state index contributed by atoms with van der Waals surface area (Å²) < 4.78 is 16.3. The number of thioether (sulfide) groups is 1. The van der Waals surface area contributed by atoms with Gasteiger partial charge in [0, 0.05) is 4.90 Å². The van der Waals surface area contributed by atoms with Gasteiger partial charge in [-0.3, -0.25) is 20.4 Å². The van der Waals surface area contributed by atoms with Gasteiger partial charge in [0.05, 0.1) is 5.75 Å². The van der Waals surface area contributed by atoms with Gasteiger partial charge in [-0.15, -0.1) is 11.8 Å². The van der Waals surface area contributed by atoms with Gasteiger partial charge in [0.25, 0.3) is 5.91 Å². The lowest BCUT2D eigenvalue weighted by Gasteiger charge is -2.18. The van der Waals surface area contributed by atoms with Gasteiger partial charge in [0.2, 0.25) is 5.91 Å². The molecule has 1 aliphatic rings. The third-order valence-corrected chi connectivity index (χ3v) is 4.58. The van der Waals surface area contributed by atoms with Crippen LogP contribution in [-0.2, 0) is 9.59 Å². The number of carbonyl (C=O) groups excluding carboxylic acids is 2. The average molecular weight is 388 g/mol. The fraction of sp³-hybridized carbons (Fsp3) is 0.263. The van der Waals surface area contributed by atoms with Gasteiger partial charge in [0.15, 0.2) is 18.1 Å². The first-order chi connectivity index (χ1) is 13.1. The Labute approximate surface area is 161 Å². The number of carbonyl (C=O) groups is 2. The molecule has 0 saturated heterocycles. The maximum absolute atomic E-state index is 11.9. The van der Waals surface area contributed by atoms with Gasteiger partial charge in [-0.25, -0.2) is 0 Å². The van der Waals surface area contributed by atoms with Crippen LogP contribution in [-0.4, -0.2) is 37.4 Å². The Kier molecular flexibility index (Phi) is 6.43. The van der Waals surface area contributed by atoms with E-state index < -0.39 is 5.91 Å². The summed E-state index contributed by atoms with van der Waals surface area (Å²) in [6.07, 6.45) is 0. The Morgan fingerprint density at radius 3 is 2.63 bits per heavy atom. The second kappa shape index (κ2) is 9.18. The Bertz CT molecular complexity index is 827. The summed E-state index contributed by atoms with van der Waals surface area (Å²) in [6, 6.07) is 12.9. The maximum atomic E-state index is 11.9. The van der Waals surface area contributed by atoms with Crippen molar-refractivity contribution < 1.29 is 23.8 Å². The lowest BCUT2D eigenvalue weighted by molar-refractivity contribution is -0.128. The molecule has 2 aromatic carbocycles. The minimum Gasteiger partial charge on any atom is -0.486 e. The molecule has 27 heavy (non-hydrogen) atoms. The molecule has 2 N–H and O–H groups in total. The monoisotopic (exact) mass is 388 g/mol. The van der Waals surface area contributed by atoms with E-state index in [4.69, 9.17) is 14.2 Å². The van der Waals surface area contributed by atoms with Crippen molar-refractivity contribution in [1.29, 1.82) is 0 Å². The van der Waals surface area contributed by atoms with Crippen LogP contribution in [0.1, 0.15) is 5.56 Å². The van der Waals surface area contributed by atoms with Crippen LogP contribution in [0.5, 0.6) is 17.2 Å². The van der Waals surface area contributed by atoms with Gasteiger partial charge in [-0.1, -0.05) is 12.1 Å². The summed E-state index contributed by atoms with van der Waals surface area (Å²) in [5.74, 6) is 1.38. The van der Waals surface area contributed by atoms with Crippen molar-refractivity contribution in [3.05, 3.63) is 48.0 Å². The minimum atomic E-state index is -0.436. The number of amides is 2. The fourth-order valence-electron chi connectivity index (χ4n) is 2.33. The van der Waals surface area contributed by atoms with Gasteiger partial charge >= 0.3 is 0 Å². The summed E-state index contributed by atoms with van der Waals surface area (Å²) in [6.45, 7) is 2.80. The van der Waals surface area contributed by atoms with E-state index in [1.54, 1.807) is 6.07 Å². The molecule has 142 valence electrons. The molecule has 0 atom stereocenters. The number of nitrogens with one attached hydrogen (secondary N) is 2. The van der Waals surface area contributed by atoms with Crippen molar-refractivity contribution in [2.24, 2.45) is 0 Å². The molecule has 8 heteroatoms. The topological polar surface area (TPSA) is 85.9 Å². The molecule has 0 radical (unpaired) electrons. The Morgan fingerprint density at radius 2 is 1.81 bits per heavy atom. The molecule has 0 bridgehead atoms. The summed E-state index contributed by atoms with van der Waals surface area (Å²) in [4.78, 5) is 24.5. The van der Waals surface area contributed by atoms with E-state index in [1.807, 2.05) is 43.3 Å². The van der Waals surface area contributed by atoms with Crippen molar-refractivity contribution in [1.82, 2.24) is 10.9 Å². The third-order valence-electron chi connectivity index (χ3n) is 3.58. The first-order valence-corrected chi connectivity index (χ1v) is 9.38. The van der Waals surface area contributed by atoms with E-state index in [0.29, 0.717) is 30.5 Å². The maximum Gasteiger partial charge on any atom is 0.276 e. The standard InChI is InChI=1S/C19H20N2O5S/c1-13-3-2-4-14(9-13)26-11-18(22)20-21-19(23)12-27-15-5-6-16-17(10-15)25-8-7-24-16/h2-6,9-10H,7-8,11-12H2,1H3,(H,20,22)(H,21,23). The second-order valence-electron chi connectivity index (χ2n) is 5.80. The third kappa shape index (κ3) is 5.82. The number of hydrazine groups is 1. The summed E-state index contributed by atoms with van der Waals surface area (Å²) in [7, 11) is 0. The van der Waals surface area contributed by atoms with Crippen LogP contribution in [0.3, 0.4) is 0 Å². The summed E-state index contributed by atoms with van der Waals surface area (Å²) in [5, 5.41) is 0. The number of fused-ring (bicyclic) bond motifs is 1. The van der Waals surface area contributed by atoms with Gasteiger partial charge in [-0.2, -0.15) is 0 Å². The number of aryl methyl sites for hydroxylation is 1. The predicted octanol–water partition coefficient (Wildman–Crippen LogP) is 2.08. The Morgan fingerprint density at radius 1 is 1.04 bits per heavy atom. The molecule has 0 aromatic heterocycles. The molecular weight excluding hydrogens is 368 g/mol. The highest BCUT2D eigenvalue weighted by atomic mass is 32.2. The van der Waals surface area contributed by atoms with Crippen molar-refractivity contribution in [3.8, 4) is 17.2 Å². The quantitative estimate of drug-likeness (QED) is 0.582. The van der Waals surface area contributed by atoms with Crippen molar-refractivity contribution in [3.63, 3.8) is 0 Å². The molecule has 2 amide bonds. The molecule has 0 fully saturated rings. The van der Waals surface area contributed by atoms with E-state index in [-0.39, 0.29) is 18.3 Å². The van der Waals surface area contributed by atoms with Gasteiger partial charge < -0.3 is 14.2 Å². The van der Waals surface area contributed by atoms with Crippen LogP contribution < -0.4 is 25.1 Å². The molecule has 3 rings (SSSR count). The van der Waals surface area contributed by atoms with Crippen LogP contribution in [0.25, 0.3) is 0 Å². The molecule has 1 aliphatic heterocycles. The van der Waals surface area contributed by atoms with Crippen LogP contribution in [0.15, 0.2) is 47.4 Å². The van der Waals surface area contributed by atoms with Crippen LogP contribution in [0.4, 0.5) is 0 Å². The minimum absolute atomic E-state index is 0.151. The highest BCUT2D eigenvalue weighted by Crippen LogP contribution is 2.34. The zero-order chi connectivity index (χ0) is 19.1. The van der Waals surface area contributed by atoms with Crippen molar-refractivity contribution >= 4 is 23.6 Å². The fourth-order valence-corrected chi connectivity index (χ4v) is 3.05. The summed E-state index contributed by atoms with van der Waals surface area (Å²) >= 11 is 1.33. The number of rotatable bonds is 6. The van der Waals surface area contributed by atoms with Crippen LogP contribution >= 0.6 is 11.8 Å². The zero-order valence-electron chi connectivity index (χ0n) is 14.8. The number of benzene rings is 2. The lowest BCUT2D eigenvalue weighted by Crippen LogP contribution is -2.44. The van der Waals surface area contributed by atoms with Crippen molar-refractivity contribution in [2.75, 3.05) is 25.6 Å². The molecule has 2 aromatic rings. The van der Waals surface area contributed by atoms with Gasteiger partial charge in [-0.05, 0) is 42.8 Å². The van der Waals surface area contributed by atoms with E-state index in [2.05, 4.69) is 10.9 Å².